The summed E-state index contributed by atoms with van der Waals surface area (Å²) in [5, 5.41) is 6.55. The standard InChI is InChI=1S/C12H17N3O/c1-16-10-12-6-4-8-15(12)14-9-11-5-2-3-7-13-11/h2-3,5,7,9,12H,4,6,8,10H2,1H3/b14-9+/t12-/m0/s1. The highest BCUT2D eigenvalue weighted by Crippen LogP contribution is 2.17. The van der Waals surface area contributed by atoms with Crippen molar-refractivity contribution in [3.8, 4) is 0 Å². The van der Waals surface area contributed by atoms with E-state index in [1.165, 1.54) is 6.42 Å². The Kier molecular flexibility index (Phi) is 3.88. The molecule has 2 rings (SSSR count). The lowest BCUT2D eigenvalue weighted by Crippen LogP contribution is -2.28. The summed E-state index contributed by atoms with van der Waals surface area (Å²) in [4.78, 5) is 4.20. The van der Waals surface area contributed by atoms with Crippen LogP contribution < -0.4 is 0 Å². The van der Waals surface area contributed by atoms with Gasteiger partial charge in [0.2, 0.25) is 0 Å². The molecule has 1 saturated heterocycles. The number of hydrazone groups is 1. The second kappa shape index (κ2) is 5.61. The van der Waals surface area contributed by atoms with E-state index in [9.17, 15) is 0 Å². The normalized spacial score (nSPS) is 20.8. The molecule has 1 aliphatic heterocycles. The Morgan fingerprint density at radius 2 is 2.56 bits per heavy atom. The van der Waals surface area contributed by atoms with Crippen molar-refractivity contribution in [3.05, 3.63) is 30.1 Å². The first-order chi connectivity index (χ1) is 7.90. The van der Waals surface area contributed by atoms with Gasteiger partial charge in [0.25, 0.3) is 0 Å². The van der Waals surface area contributed by atoms with Gasteiger partial charge in [-0.05, 0) is 25.0 Å². The monoisotopic (exact) mass is 219 g/mol. The third-order valence-electron chi connectivity index (χ3n) is 2.73. The van der Waals surface area contributed by atoms with Crippen molar-refractivity contribution in [1.29, 1.82) is 0 Å². The Bertz CT molecular complexity index is 339. The molecule has 0 N–H and O–H groups in total. The molecule has 4 heteroatoms. The van der Waals surface area contributed by atoms with Crippen LogP contribution in [0.1, 0.15) is 18.5 Å². The van der Waals surface area contributed by atoms with Crippen LogP contribution in [0.25, 0.3) is 0 Å². The van der Waals surface area contributed by atoms with Crippen molar-refractivity contribution in [3.63, 3.8) is 0 Å². The Labute approximate surface area is 95.9 Å². The molecule has 1 aromatic heterocycles. The molecule has 0 unspecified atom stereocenters. The van der Waals surface area contributed by atoms with Gasteiger partial charge in [-0.25, -0.2) is 0 Å². The smallest absolute Gasteiger partial charge is 0.0830 e. The number of rotatable bonds is 4. The van der Waals surface area contributed by atoms with Crippen LogP contribution in [0.3, 0.4) is 0 Å². The molecule has 0 aliphatic carbocycles. The van der Waals surface area contributed by atoms with E-state index in [-0.39, 0.29) is 0 Å². The van der Waals surface area contributed by atoms with Crippen LogP contribution in [0.15, 0.2) is 29.5 Å². The quantitative estimate of drug-likeness (QED) is 0.721. The molecular formula is C12H17N3O. The highest BCUT2D eigenvalue weighted by molar-refractivity contribution is 5.76. The molecule has 0 amide bonds. The van der Waals surface area contributed by atoms with Gasteiger partial charge in [0.05, 0.1) is 24.6 Å². The largest absolute Gasteiger partial charge is 0.382 e. The molecule has 0 aromatic carbocycles. The van der Waals surface area contributed by atoms with Gasteiger partial charge < -0.3 is 4.74 Å². The maximum Gasteiger partial charge on any atom is 0.0830 e. The Hall–Kier alpha value is -1.42. The van der Waals surface area contributed by atoms with Crippen molar-refractivity contribution in [2.45, 2.75) is 18.9 Å². The summed E-state index contributed by atoms with van der Waals surface area (Å²) in [6.45, 7) is 1.76. The second-order valence-corrected chi connectivity index (χ2v) is 3.91. The van der Waals surface area contributed by atoms with E-state index in [0.29, 0.717) is 6.04 Å². The summed E-state index contributed by atoms with van der Waals surface area (Å²) in [5.41, 5.74) is 0.894. The maximum absolute atomic E-state index is 5.18. The predicted molar refractivity (Wildman–Crippen MR) is 63.4 cm³/mol. The average Bonchev–Trinajstić information content (AvgIpc) is 2.76. The lowest BCUT2D eigenvalue weighted by molar-refractivity contribution is 0.118. The summed E-state index contributed by atoms with van der Waals surface area (Å²) in [7, 11) is 1.74. The lowest BCUT2D eigenvalue weighted by atomic mass is 10.2. The van der Waals surface area contributed by atoms with Gasteiger partial charge in [-0.1, -0.05) is 6.07 Å². The Balaban J connectivity index is 1.96. The summed E-state index contributed by atoms with van der Waals surface area (Å²) >= 11 is 0. The second-order valence-electron chi connectivity index (χ2n) is 3.91. The van der Waals surface area contributed by atoms with Crippen LogP contribution in [0, 0.1) is 0 Å². The van der Waals surface area contributed by atoms with Gasteiger partial charge in [-0.2, -0.15) is 5.10 Å². The fraction of sp³-hybridized carbons (Fsp3) is 0.500. The number of aromatic nitrogens is 1. The zero-order chi connectivity index (χ0) is 11.2. The molecule has 0 spiro atoms. The highest BCUT2D eigenvalue weighted by atomic mass is 16.5. The first kappa shape index (κ1) is 11.1. The number of methoxy groups -OCH3 is 1. The molecule has 0 saturated carbocycles. The minimum absolute atomic E-state index is 0.421. The lowest BCUT2D eigenvalue weighted by Gasteiger charge is -2.20. The summed E-state index contributed by atoms with van der Waals surface area (Å²) in [6, 6.07) is 6.24. The molecule has 0 radical (unpaired) electrons. The maximum atomic E-state index is 5.18. The van der Waals surface area contributed by atoms with E-state index in [0.717, 1.165) is 25.3 Å². The average molecular weight is 219 g/mol. The number of hydrogen-bond donors (Lipinski definition) is 0. The first-order valence-corrected chi connectivity index (χ1v) is 5.61. The van der Waals surface area contributed by atoms with E-state index in [1.807, 2.05) is 24.4 Å². The zero-order valence-corrected chi connectivity index (χ0v) is 9.54. The molecule has 1 aliphatic rings. The fourth-order valence-corrected chi connectivity index (χ4v) is 1.92. The topological polar surface area (TPSA) is 37.7 Å². The van der Waals surface area contributed by atoms with Crippen molar-refractivity contribution in [2.24, 2.45) is 5.10 Å². The van der Waals surface area contributed by atoms with Gasteiger partial charge in [-0.15, -0.1) is 0 Å². The molecule has 1 fully saturated rings. The Morgan fingerprint density at radius 3 is 3.31 bits per heavy atom. The van der Waals surface area contributed by atoms with Gasteiger partial charge in [-0.3, -0.25) is 9.99 Å². The van der Waals surface area contributed by atoms with Crippen LogP contribution >= 0.6 is 0 Å². The van der Waals surface area contributed by atoms with E-state index in [1.54, 1.807) is 13.3 Å². The number of nitrogens with zero attached hydrogens (tertiary/aromatic N) is 3. The molecule has 1 aromatic rings. The molecule has 4 nitrogen and oxygen atoms in total. The minimum Gasteiger partial charge on any atom is -0.382 e. The number of hydrogen-bond acceptors (Lipinski definition) is 4. The number of pyridine rings is 1. The zero-order valence-electron chi connectivity index (χ0n) is 9.54. The van der Waals surface area contributed by atoms with Crippen molar-refractivity contribution >= 4 is 6.21 Å². The van der Waals surface area contributed by atoms with Crippen molar-refractivity contribution in [1.82, 2.24) is 9.99 Å². The highest BCUT2D eigenvalue weighted by Gasteiger charge is 2.22. The Morgan fingerprint density at radius 1 is 1.62 bits per heavy atom. The predicted octanol–water partition coefficient (Wildman–Crippen LogP) is 1.53. The molecule has 2 heterocycles. The SMILES string of the molecule is COC[C@@H]1CCCN1/N=C/c1ccccn1. The van der Waals surface area contributed by atoms with E-state index in [2.05, 4.69) is 15.1 Å². The summed E-state index contributed by atoms with van der Waals surface area (Å²) < 4.78 is 5.18. The molecule has 86 valence electrons. The van der Waals surface area contributed by atoms with Crippen LogP contribution in [0.5, 0.6) is 0 Å². The van der Waals surface area contributed by atoms with Gasteiger partial charge in [0, 0.05) is 19.9 Å². The van der Waals surface area contributed by atoms with E-state index in [4.69, 9.17) is 4.74 Å². The van der Waals surface area contributed by atoms with Gasteiger partial charge in [0.15, 0.2) is 0 Å². The molecule has 16 heavy (non-hydrogen) atoms. The summed E-state index contributed by atoms with van der Waals surface area (Å²) in [6.07, 6.45) is 5.94. The van der Waals surface area contributed by atoms with Crippen molar-refractivity contribution in [2.75, 3.05) is 20.3 Å². The third kappa shape index (κ3) is 2.79. The first-order valence-electron chi connectivity index (χ1n) is 5.61. The van der Waals surface area contributed by atoms with Crippen LogP contribution in [-0.4, -0.2) is 42.5 Å². The summed E-state index contributed by atoms with van der Waals surface area (Å²) in [5.74, 6) is 0. The van der Waals surface area contributed by atoms with Gasteiger partial charge in [0.1, 0.15) is 0 Å². The van der Waals surface area contributed by atoms with E-state index < -0.39 is 0 Å². The van der Waals surface area contributed by atoms with Crippen LogP contribution in [0.2, 0.25) is 0 Å². The van der Waals surface area contributed by atoms with E-state index >= 15 is 0 Å². The number of ether oxygens (including phenoxy) is 1. The molecular weight excluding hydrogens is 202 g/mol. The van der Waals surface area contributed by atoms with Crippen LogP contribution in [0.4, 0.5) is 0 Å². The molecule has 0 bridgehead atoms. The fourth-order valence-electron chi connectivity index (χ4n) is 1.92. The van der Waals surface area contributed by atoms with Crippen LogP contribution in [-0.2, 0) is 4.74 Å². The van der Waals surface area contributed by atoms with Crippen molar-refractivity contribution < 1.29 is 4.74 Å². The molecule has 1 atom stereocenters. The third-order valence-corrected chi connectivity index (χ3v) is 2.73. The van der Waals surface area contributed by atoms with Gasteiger partial charge >= 0.3 is 0 Å². The minimum atomic E-state index is 0.421.